The van der Waals surface area contributed by atoms with Gasteiger partial charge in [0.05, 0.1) is 0 Å². The normalized spacial score (nSPS) is 5.40. The molecule has 0 rings (SSSR count). The maximum absolute atomic E-state index is 3.29. The monoisotopic (exact) mass is 332 g/mol. The Bertz CT molecular complexity index is 17.7. The number of hydrogen-bond acceptors (Lipinski definition) is 0. The molecule has 0 nitrogen and oxygen atoms in total. The van der Waals surface area contributed by atoms with Crippen LogP contribution in [-0.2, 0) is 0 Å². The average Bonchev–Trinajstić information content (AvgIpc) is 0.811. The van der Waals surface area contributed by atoms with Crippen molar-refractivity contribution in [2.45, 2.75) is 0 Å². The van der Waals surface area contributed by atoms with Crippen molar-refractivity contribution in [3.63, 3.8) is 0 Å². The van der Waals surface area contributed by atoms with Crippen molar-refractivity contribution < 1.29 is 2.85 Å². The molecule has 0 aliphatic heterocycles. The predicted molar refractivity (Wildman–Crippen MR) is 40.5 cm³/mol. The average molecular weight is 336 g/mol. The molecule has 0 aliphatic rings. The summed E-state index contributed by atoms with van der Waals surface area (Å²) in [5.74, 6) is 0. The molecule has 0 aromatic rings. The topological polar surface area (TPSA) is 0 Å². The fraction of sp³-hybridized carbons (Fsp3) is 0. The minimum Gasteiger partial charge on any atom is -1.00 e. The van der Waals surface area contributed by atoms with Crippen LogP contribution >= 0.6 is 40.7 Å². The molecule has 0 saturated heterocycles. The maximum Gasteiger partial charge on any atom is 2.00 e. The van der Waals surface area contributed by atoms with E-state index < -0.39 is 10.3 Å². The Morgan fingerprint density at radius 3 is 1.20 bits per heavy atom. The zero-order chi connectivity index (χ0) is 3.58. The molecule has 0 heterocycles. The first-order chi connectivity index (χ1) is 1.73. The van der Waals surface area contributed by atoms with Crippen LogP contribution in [0.25, 0.3) is 0 Å². The van der Waals surface area contributed by atoms with Crippen molar-refractivity contribution in [3.05, 3.63) is 0 Å². The predicted octanol–water partition coefficient (Wildman–Crippen LogP) is 2.00. The van der Waals surface area contributed by atoms with Gasteiger partial charge in [-0.15, -0.1) is 0 Å². The van der Waals surface area contributed by atoms with E-state index in [0.29, 0.717) is 0 Å². The van der Waals surface area contributed by atoms with Gasteiger partial charge in [0.1, 0.15) is 0 Å². The summed E-state index contributed by atoms with van der Waals surface area (Å²) in [5.41, 5.74) is 0. The zero-order valence-electron chi connectivity index (χ0n) is 4.42. The molecule has 5 heavy (non-hydrogen) atoms. The van der Waals surface area contributed by atoms with Crippen molar-refractivity contribution in [2.75, 3.05) is 0 Å². The Morgan fingerprint density at radius 2 is 1.20 bits per heavy atom. The quantitative estimate of drug-likeness (QED) is 0.594. The van der Waals surface area contributed by atoms with Crippen LogP contribution < -0.4 is 0 Å². The van der Waals surface area contributed by atoms with Crippen LogP contribution in [0.3, 0.4) is 0 Å². The first-order valence-corrected chi connectivity index (χ1v) is 17.7. The summed E-state index contributed by atoms with van der Waals surface area (Å²) in [7, 11) is -1.04. The first kappa shape index (κ1) is 10.8. The largest absolute Gasteiger partial charge is 2.00 e. The first-order valence-electron chi connectivity index (χ1n) is 0.655. The Balaban J connectivity index is -0.0000000150. The fourth-order valence-corrected chi connectivity index (χ4v) is 0. The molecule has 0 radical (unpaired) electrons. The number of rotatable bonds is 0. The Kier molecular flexibility index (Phi) is 14.7. The van der Waals surface area contributed by atoms with Gasteiger partial charge in [-0.1, -0.05) is 0 Å². The molecule has 0 N–H and O–H groups in total. The van der Waals surface area contributed by atoms with E-state index in [4.69, 9.17) is 0 Å². The van der Waals surface area contributed by atoms with Crippen LogP contribution in [0.1, 0.15) is 2.85 Å². The van der Waals surface area contributed by atoms with Gasteiger partial charge in [-0.25, -0.2) is 0 Å². The third kappa shape index (κ3) is 19.9. The number of halogens is 3. The summed E-state index contributed by atoms with van der Waals surface area (Å²) in [4.78, 5) is 0. The van der Waals surface area contributed by atoms with Crippen LogP contribution in [0, 0.1) is 0 Å². The molecular formula is H2Br3GaMg. The van der Waals surface area contributed by atoms with E-state index in [-0.39, 0.29) is 25.9 Å². The molecule has 0 bridgehead atoms. The van der Waals surface area contributed by atoms with Gasteiger partial charge in [-0.3, -0.25) is 0 Å². The van der Waals surface area contributed by atoms with Gasteiger partial charge in [0.2, 0.25) is 0 Å². The second-order valence-electron chi connectivity index (χ2n) is 0.247. The molecule has 5 heteroatoms. The fourth-order valence-electron chi connectivity index (χ4n) is 0. The van der Waals surface area contributed by atoms with E-state index in [1.807, 2.05) is 0 Å². The van der Waals surface area contributed by atoms with Gasteiger partial charge in [-0.2, -0.15) is 0 Å². The summed E-state index contributed by atoms with van der Waals surface area (Å²) < 4.78 is 0. The zero-order valence-corrected chi connectivity index (χ0v) is 11.0. The molecule has 0 aliphatic carbocycles. The van der Waals surface area contributed by atoms with Crippen LogP contribution in [0.15, 0.2) is 0 Å². The molecule has 0 aromatic heterocycles. The Labute approximate surface area is 75.5 Å². The molecular weight excluding hydrogens is 334 g/mol. The van der Waals surface area contributed by atoms with Gasteiger partial charge in [0.15, 0.2) is 0 Å². The van der Waals surface area contributed by atoms with Gasteiger partial charge in [0.25, 0.3) is 0 Å². The van der Waals surface area contributed by atoms with Gasteiger partial charge >= 0.3 is 74.0 Å². The molecule has 28 valence electrons. The van der Waals surface area contributed by atoms with E-state index in [1.54, 1.807) is 0 Å². The van der Waals surface area contributed by atoms with Crippen LogP contribution in [0.2, 0.25) is 0 Å². The molecule has 0 spiro atoms. The number of hydrogen-bond donors (Lipinski definition) is 0. The Hall–Kier alpha value is 2.84. The van der Waals surface area contributed by atoms with E-state index in [0.717, 1.165) is 0 Å². The molecule has 0 unspecified atom stereocenters. The van der Waals surface area contributed by atoms with Crippen LogP contribution in [0.5, 0.6) is 0 Å². The van der Waals surface area contributed by atoms with Gasteiger partial charge in [0, 0.05) is 0 Å². The third-order valence-electron chi connectivity index (χ3n) is 0. The maximum atomic E-state index is 3.29. The molecule has 0 amide bonds. The van der Waals surface area contributed by atoms with Crippen LogP contribution in [0.4, 0.5) is 0 Å². The summed E-state index contributed by atoms with van der Waals surface area (Å²) >= 11 is 9.88. The van der Waals surface area contributed by atoms with Crippen molar-refractivity contribution in [2.24, 2.45) is 0 Å². The van der Waals surface area contributed by atoms with Crippen LogP contribution in [-0.4, -0.2) is 33.3 Å². The van der Waals surface area contributed by atoms with E-state index in [9.17, 15) is 0 Å². The molecule has 0 fully saturated rings. The van der Waals surface area contributed by atoms with Crippen molar-refractivity contribution in [3.8, 4) is 0 Å². The Morgan fingerprint density at radius 1 is 1.20 bits per heavy atom. The van der Waals surface area contributed by atoms with E-state index in [1.165, 1.54) is 0 Å². The van der Waals surface area contributed by atoms with Crippen molar-refractivity contribution in [1.82, 2.24) is 0 Å². The van der Waals surface area contributed by atoms with E-state index >= 15 is 0 Å². The summed E-state index contributed by atoms with van der Waals surface area (Å²) in [6.07, 6.45) is 0. The standard InChI is InChI=1S/3BrH.Ga.Mg.2H/h3*1H;;;;/q;;;+3;+2;2*-1/p-3. The van der Waals surface area contributed by atoms with E-state index in [2.05, 4.69) is 40.7 Å². The summed E-state index contributed by atoms with van der Waals surface area (Å²) in [6, 6.07) is 0. The second kappa shape index (κ2) is 6.84. The summed E-state index contributed by atoms with van der Waals surface area (Å²) in [5, 5.41) is 0. The SMILES string of the molecule is [Br][Ga]([Br])[Br].[H-].[H-].[Mg+2]. The second-order valence-corrected chi connectivity index (χ2v) is 34.7. The van der Waals surface area contributed by atoms with Crippen molar-refractivity contribution in [1.29, 1.82) is 0 Å². The minimum absolute atomic E-state index is 0. The van der Waals surface area contributed by atoms with Gasteiger partial charge < -0.3 is 2.85 Å². The smallest absolute Gasteiger partial charge is 1.00 e. The third-order valence-corrected chi connectivity index (χ3v) is 0. The minimum atomic E-state index is -1.04. The van der Waals surface area contributed by atoms with Crippen molar-refractivity contribution >= 4 is 74.0 Å². The summed E-state index contributed by atoms with van der Waals surface area (Å²) in [6.45, 7) is 0. The van der Waals surface area contributed by atoms with Gasteiger partial charge in [-0.05, 0) is 0 Å². The molecule has 0 atom stereocenters. The molecule has 0 saturated carbocycles. The molecule has 0 aromatic carbocycles.